The lowest BCUT2D eigenvalue weighted by Gasteiger charge is -2.46. The van der Waals surface area contributed by atoms with Gasteiger partial charge >= 0.3 is 6.09 Å². The number of hydrogen-bond donors (Lipinski definition) is 1. The largest absolute Gasteiger partial charge is 0.444 e. The first-order valence-electron chi connectivity index (χ1n) is 9.89. The van der Waals surface area contributed by atoms with Crippen LogP contribution in [0.3, 0.4) is 0 Å². The maximum Gasteiger partial charge on any atom is 0.410 e. The highest BCUT2D eigenvalue weighted by atomic mass is 19.1. The van der Waals surface area contributed by atoms with Crippen molar-refractivity contribution in [2.24, 2.45) is 7.05 Å². The molecule has 0 spiro atoms. The minimum atomic E-state index is -1.38. The van der Waals surface area contributed by atoms with E-state index in [2.05, 4.69) is 15.3 Å². The number of aliphatic hydroxyl groups is 1. The highest BCUT2D eigenvalue weighted by Gasteiger charge is 2.49. The third-order valence-corrected chi connectivity index (χ3v) is 4.92. The maximum absolute atomic E-state index is 13.3. The van der Waals surface area contributed by atoms with Gasteiger partial charge in [0.25, 0.3) is 0 Å². The quantitative estimate of drug-likeness (QED) is 0.693. The Kier molecular flexibility index (Phi) is 5.01. The van der Waals surface area contributed by atoms with Crippen molar-refractivity contribution in [2.75, 3.05) is 13.1 Å². The van der Waals surface area contributed by atoms with Gasteiger partial charge in [-0.2, -0.15) is 15.3 Å². The molecule has 1 amide bonds. The Hall–Kier alpha value is -3.33. The van der Waals surface area contributed by atoms with Crippen molar-refractivity contribution in [1.29, 1.82) is 0 Å². The van der Waals surface area contributed by atoms with Gasteiger partial charge in [0, 0.05) is 24.4 Å². The Bertz CT molecular complexity index is 1110. The van der Waals surface area contributed by atoms with Crippen LogP contribution in [0.4, 0.5) is 9.18 Å². The van der Waals surface area contributed by atoms with Crippen LogP contribution in [0, 0.1) is 5.82 Å². The van der Waals surface area contributed by atoms with E-state index in [0.29, 0.717) is 28.2 Å². The molecule has 3 aromatic rings. The predicted octanol–water partition coefficient (Wildman–Crippen LogP) is 3.12. The molecule has 8 nitrogen and oxygen atoms in total. The Labute approximate surface area is 179 Å². The Morgan fingerprint density at radius 1 is 1.13 bits per heavy atom. The van der Waals surface area contributed by atoms with Crippen molar-refractivity contribution >= 4 is 6.09 Å². The summed E-state index contributed by atoms with van der Waals surface area (Å²) in [4.78, 5) is 13.7. The lowest BCUT2D eigenvalue weighted by molar-refractivity contribution is -0.106. The molecule has 0 aliphatic carbocycles. The van der Waals surface area contributed by atoms with Crippen LogP contribution in [-0.4, -0.2) is 54.8 Å². The van der Waals surface area contributed by atoms with Gasteiger partial charge < -0.3 is 14.7 Å². The number of rotatable bonds is 3. The fourth-order valence-electron chi connectivity index (χ4n) is 3.44. The molecule has 0 radical (unpaired) electrons. The van der Waals surface area contributed by atoms with E-state index in [9.17, 15) is 14.3 Å². The predicted molar refractivity (Wildman–Crippen MR) is 111 cm³/mol. The molecule has 2 aromatic heterocycles. The molecular weight excluding hydrogens is 401 g/mol. The number of aryl methyl sites for hydroxylation is 1. The van der Waals surface area contributed by atoms with Gasteiger partial charge in [-0.1, -0.05) is 0 Å². The van der Waals surface area contributed by atoms with E-state index in [1.807, 2.05) is 6.07 Å². The standard InChI is InChI=1S/C22H24FN5O3/c1-21(2,3)31-20(29)28-12-22(30,13-28)19-16(17-9-10-27(4)26-17)11-18(24-25-19)14-5-7-15(23)8-6-14/h5-11,30H,12-13H2,1-4H3. The van der Waals surface area contributed by atoms with Gasteiger partial charge in [-0.05, 0) is 57.2 Å². The topological polar surface area (TPSA) is 93.4 Å². The zero-order valence-corrected chi connectivity index (χ0v) is 17.8. The van der Waals surface area contributed by atoms with E-state index in [-0.39, 0.29) is 18.9 Å². The summed E-state index contributed by atoms with van der Waals surface area (Å²) in [6, 6.07) is 9.51. The van der Waals surface area contributed by atoms with E-state index < -0.39 is 17.3 Å². The summed E-state index contributed by atoms with van der Waals surface area (Å²) in [6.45, 7) is 5.43. The van der Waals surface area contributed by atoms with Gasteiger partial charge in [0.05, 0.1) is 24.5 Å². The van der Waals surface area contributed by atoms with Gasteiger partial charge in [-0.15, -0.1) is 0 Å². The smallest absolute Gasteiger partial charge is 0.410 e. The summed E-state index contributed by atoms with van der Waals surface area (Å²) >= 11 is 0. The first kappa shape index (κ1) is 20.9. The van der Waals surface area contributed by atoms with Crippen molar-refractivity contribution in [3.63, 3.8) is 0 Å². The molecule has 3 heterocycles. The second-order valence-electron chi connectivity index (χ2n) is 8.74. The minimum absolute atomic E-state index is 0.0340. The average Bonchev–Trinajstić information content (AvgIpc) is 3.10. The van der Waals surface area contributed by atoms with Gasteiger partial charge in [-0.25, -0.2) is 9.18 Å². The molecule has 1 fully saturated rings. The van der Waals surface area contributed by atoms with Gasteiger partial charge in [0.15, 0.2) is 0 Å². The Balaban J connectivity index is 1.68. The van der Waals surface area contributed by atoms with Crippen LogP contribution in [0.2, 0.25) is 0 Å². The molecular formula is C22H24FN5O3. The highest BCUT2D eigenvalue weighted by Crippen LogP contribution is 2.38. The molecule has 0 bridgehead atoms. The third kappa shape index (κ3) is 4.27. The van der Waals surface area contributed by atoms with Crippen LogP contribution >= 0.6 is 0 Å². The number of ether oxygens (including phenoxy) is 1. The van der Waals surface area contributed by atoms with Gasteiger partial charge in [0.1, 0.15) is 22.7 Å². The number of carbonyl (C=O) groups is 1. The fourth-order valence-corrected chi connectivity index (χ4v) is 3.44. The van der Waals surface area contributed by atoms with Crippen molar-refractivity contribution in [3.05, 3.63) is 54.1 Å². The van der Waals surface area contributed by atoms with E-state index in [1.54, 1.807) is 56.9 Å². The summed E-state index contributed by atoms with van der Waals surface area (Å²) in [5.41, 5.74) is 0.751. The number of nitrogens with zero attached hydrogens (tertiary/aromatic N) is 5. The fraction of sp³-hybridized carbons (Fsp3) is 0.364. The number of amides is 1. The number of aromatic nitrogens is 4. The Morgan fingerprint density at radius 2 is 1.81 bits per heavy atom. The molecule has 31 heavy (non-hydrogen) atoms. The molecule has 1 N–H and O–H groups in total. The van der Waals surface area contributed by atoms with Crippen LogP contribution in [0.5, 0.6) is 0 Å². The average molecular weight is 425 g/mol. The van der Waals surface area contributed by atoms with Crippen molar-refractivity contribution in [1.82, 2.24) is 24.9 Å². The normalized spacial score (nSPS) is 15.5. The molecule has 1 aliphatic heterocycles. The van der Waals surface area contributed by atoms with Crippen molar-refractivity contribution in [3.8, 4) is 22.5 Å². The summed E-state index contributed by atoms with van der Waals surface area (Å²) in [7, 11) is 1.79. The molecule has 9 heteroatoms. The number of halogens is 1. The monoisotopic (exact) mass is 425 g/mol. The lowest BCUT2D eigenvalue weighted by Crippen LogP contribution is -2.62. The summed E-state index contributed by atoms with van der Waals surface area (Å²) in [6.07, 6.45) is 1.29. The molecule has 0 unspecified atom stereocenters. The number of benzene rings is 1. The third-order valence-electron chi connectivity index (χ3n) is 4.92. The summed E-state index contributed by atoms with van der Waals surface area (Å²) < 4.78 is 20.3. The molecule has 1 aromatic carbocycles. The number of likely N-dealkylation sites (tertiary alicyclic amines) is 1. The van der Waals surface area contributed by atoms with Crippen LogP contribution in [0.25, 0.3) is 22.5 Å². The molecule has 4 rings (SSSR count). The van der Waals surface area contributed by atoms with Crippen molar-refractivity contribution in [2.45, 2.75) is 32.0 Å². The van der Waals surface area contributed by atoms with Crippen LogP contribution in [-0.2, 0) is 17.4 Å². The second kappa shape index (κ2) is 7.42. The lowest BCUT2D eigenvalue weighted by atomic mass is 9.86. The SMILES string of the molecule is Cn1ccc(-c2cc(-c3ccc(F)cc3)nnc2C2(O)CN(C(=O)OC(C)(C)C)C2)n1. The van der Waals surface area contributed by atoms with Crippen LogP contribution < -0.4 is 0 Å². The summed E-state index contributed by atoms with van der Waals surface area (Å²) in [5, 5.41) is 24.2. The highest BCUT2D eigenvalue weighted by molar-refractivity contribution is 5.73. The van der Waals surface area contributed by atoms with E-state index in [4.69, 9.17) is 4.74 Å². The first-order chi connectivity index (χ1) is 14.5. The van der Waals surface area contributed by atoms with E-state index >= 15 is 0 Å². The number of hydrogen-bond acceptors (Lipinski definition) is 6. The van der Waals surface area contributed by atoms with Crippen molar-refractivity contribution < 1.29 is 19.0 Å². The number of carbonyl (C=O) groups excluding carboxylic acids is 1. The van der Waals surface area contributed by atoms with E-state index in [0.717, 1.165) is 0 Å². The maximum atomic E-state index is 13.3. The minimum Gasteiger partial charge on any atom is -0.444 e. The van der Waals surface area contributed by atoms with Gasteiger partial charge in [-0.3, -0.25) is 4.68 Å². The molecule has 1 saturated heterocycles. The van der Waals surface area contributed by atoms with Gasteiger partial charge in [0.2, 0.25) is 0 Å². The summed E-state index contributed by atoms with van der Waals surface area (Å²) in [5.74, 6) is -0.343. The van der Waals surface area contributed by atoms with Crippen LogP contribution in [0.15, 0.2) is 42.6 Å². The molecule has 1 aliphatic rings. The molecule has 0 atom stereocenters. The van der Waals surface area contributed by atoms with Crippen LogP contribution in [0.1, 0.15) is 26.5 Å². The first-order valence-corrected chi connectivity index (χ1v) is 9.89. The molecule has 0 saturated carbocycles. The second-order valence-corrected chi connectivity index (χ2v) is 8.74. The van der Waals surface area contributed by atoms with E-state index in [1.165, 1.54) is 17.0 Å². The zero-order chi connectivity index (χ0) is 22.4. The zero-order valence-electron chi connectivity index (χ0n) is 17.8. The number of β-amino-alcohol motifs (C(OH)–C–C–N with tert-alkyl or cyclic N) is 1. The Morgan fingerprint density at radius 3 is 2.39 bits per heavy atom. The molecule has 162 valence electrons.